The van der Waals surface area contributed by atoms with Crippen LogP contribution in [0, 0.1) is 4.77 Å². The SMILES string of the molecule is CCCN(C(=O)c1ccc2c(=O)n(C)c(=S)[nH]c2c1)C1CCN(C(=O)c2ccccc2)CC1. The van der Waals surface area contributed by atoms with Gasteiger partial charge in [0.1, 0.15) is 0 Å². The van der Waals surface area contributed by atoms with E-state index in [9.17, 15) is 14.4 Å². The number of hydrogen-bond donors (Lipinski definition) is 1. The predicted octanol–water partition coefficient (Wildman–Crippen LogP) is 3.75. The zero-order valence-corrected chi connectivity index (χ0v) is 19.7. The van der Waals surface area contributed by atoms with Crippen LogP contribution in [0.2, 0.25) is 0 Å². The monoisotopic (exact) mass is 464 g/mol. The second kappa shape index (κ2) is 9.70. The molecular weight excluding hydrogens is 436 g/mol. The molecule has 0 atom stereocenters. The molecule has 2 amide bonds. The Balaban J connectivity index is 1.52. The predicted molar refractivity (Wildman–Crippen MR) is 131 cm³/mol. The number of nitrogens with one attached hydrogen (secondary N) is 1. The number of nitrogens with zero attached hydrogens (tertiary/aromatic N) is 3. The number of fused-ring (bicyclic) bond motifs is 1. The molecule has 0 saturated carbocycles. The Morgan fingerprint density at radius 3 is 2.45 bits per heavy atom. The summed E-state index contributed by atoms with van der Waals surface area (Å²) in [4.78, 5) is 45.5. The maximum atomic E-state index is 13.5. The molecule has 1 fully saturated rings. The summed E-state index contributed by atoms with van der Waals surface area (Å²) in [5.41, 5.74) is 1.59. The molecule has 0 radical (unpaired) electrons. The number of aromatic nitrogens is 2. The van der Waals surface area contributed by atoms with E-state index in [2.05, 4.69) is 11.9 Å². The number of likely N-dealkylation sites (tertiary alicyclic amines) is 1. The van der Waals surface area contributed by atoms with Crippen LogP contribution < -0.4 is 5.56 Å². The number of rotatable bonds is 5. The molecule has 1 aliphatic heterocycles. The zero-order chi connectivity index (χ0) is 23.5. The Bertz CT molecular complexity index is 1290. The van der Waals surface area contributed by atoms with Crippen molar-refractivity contribution in [2.24, 2.45) is 7.05 Å². The van der Waals surface area contributed by atoms with Crippen LogP contribution in [0.3, 0.4) is 0 Å². The first-order valence-corrected chi connectivity index (χ1v) is 11.7. The van der Waals surface area contributed by atoms with Gasteiger partial charge in [-0.05, 0) is 61.8 Å². The van der Waals surface area contributed by atoms with E-state index in [0.29, 0.717) is 46.4 Å². The molecule has 1 aromatic heterocycles. The van der Waals surface area contributed by atoms with Crippen molar-refractivity contribution in [1.29, 1.82) is 0 Å². The Kier molecular flexibility index (Phi) is 6.74. The smallest absolute Gasteiger partial charge is 0.261 e. The number of carbonyl (C=O) groups is 2. The highest BCUT2D eigenvalue weighted by atomic mass is 32.1. The molecule has 7 nitrogen and oxygen atoms in total. The molecule has 0 unspecified atom stereocenters. The van der Waals surface area contributed by atoms with E-state index >= 15 is 0 Å². The van der Waals surface area contributed by atoms with E-state index in [1.54, 1.807) is 25.2 Å². The van der Waals surface area contributed by atoms with Crippen LogP contribution in [-0.2, 0) is 7.05 Å². The molecule has 1 N–H and O–H groups in total. The number of carbonyl (C=O) groups excluding carboxylic acids is 2. The fourth-order valence-electron chi connectivity index (χ4n) is 4.44. The van der Waals surface area contributed by atoms with Crippen LogP contribution in [0.5, 0.6) is 0 Å². The first-order chi connectivity index (χ1) is 15.9. The van der Waals surface area contributed by atoms with Crippen molar-refractivity contribution in [3.8, 4) is 0 Å². The van der Waals surface area contributed by atoms with Crippen LogP contribution in [0.1, 0.15) is 46.9 Å². The van der Waals surface area contributed by atoms with Crippen LogP contribution in [0.15, 0.2) is 53.3 Å². The van der Waals surface area contributed by atoms with Gasteiger partial charge in [-0.2, -0.15) is 0 Å². The van der Waals surface area contributed by atoms with E-state index in [1.165, 1.54) is 4.57 Å². The molecule has 33 heavy (non-hydrogen) atoms. The lowest BCUT2D eigenvalue weighted by Gasteiger charge is -2.38. The Morgan fingerprint density at radius 1 is 1.09 bits per heavy atom. The fourth-order valence-corrected chi connectivity index (χ4v) is 4.63. The molecule has 1 saturated heterocycles. The van der Waals surface area contributed by atoms with Crippen molar-refractivity contribution < 1.29 is 9.59 Å². The Labute approximate surface area is 197 Å². The highest BCUT2D eigenvalue weighted by Gasteiger charge is 2.30. The molecule has 0 aliphatic carbocycles. The normalized spacial score (nSPS) is 14.4. The minimum absolute atomic E-state index is 0.0359. The van der Waals surface area contributed by atoms with Crippen molar-refractivity contribution in [3.63, 3.8) is 0 Å². The van der Waals surface area contributed by atoms with Crippen LogP contribution in [0.4, 0.5) is 0 Å². The van der Waals surface area contributed by atoms with Gasteiger partial charge in [-0.15, -0.1) is 0 Å². The molecule has 2 aromatic carbocycles. The number of benzene rings is 2. The summed E-state index contributed by atoms with van der Waals surface area (Å²) in [5.74, 6) is -0.0274. The van der Waals surface area contributed by atoms with Crippen LogP contribution >= 0.6 is 12.2 Å². The first kappa shape index (κ1) is 22.9. The minimum atomic E-state index is -0.186. The van der Waals surface area contributed by atoms with Gasteiger partial charge in [-0.3, -0.25) is 19.0 Å². The summed E-state index contributed by atoms with van der Waals surface area (Å²) < 4.78 is 1.70. The van der Waals surface area contributed by atoms with Gasteiger partial charge < -0.3 is 14.8 Å². The number of H-pyrrole nitrogens is 1. The average Bonchev–Trinajstić information content (AvgIpc) is 2.85. The third-order valence-corrected chi connectivity index (χ3v) is 6.66. The zero-order valence-electron chi connectivity index (χ0n) is 18.9. The topological polar surface area (TPSA) is 78.4 Å². The summed E-state index contributed by atoms with van der Waals surface area (Å²) in [5, 5.41) is 0.498. The van der Waals surface area contributed by atoms with E-state index < -0.39 is 0 Å². The van der Waals surface area contributed by atoms with Gasteiger partial charge in [0.25, 0.3) is 17.4 Å². The number of aromatic amines is 1. The summed E-state index contributed by atoms with van der Waals surface area (Å²) >= 11 is 5.22. The van der Waals surface area contributed by atoms with Crippen molar-refractivity contribution >= 4 is 34.9 Å². The van der Waals surface area contributed by atoms with E-state index in [4.69, 9.17) is 12.2 Å². The van der Waals surface area contributed by atoms with Crippen LogP contribution in [-0.4, -0.2) is 56.8 Å². The van der Waals surface area contributed by atoms with Crippen molar-refractivity contribution in [2.75, 3.05) is 19.6 Å². The lowest BCUT2D eigenvalue weighted by atomic mass is 10.0. The quantitative estimate of drug-likeness (QED) is 0.584. The molecule has 3 aromatic rings. The lowest BCUT2D eigenvalue weighted by molar-refractivity contribution is 0.0519. The molecule has 2 heterocycles. The molecule has 4 rings (SSSR count). The summed E-state index contributed by atoms with van der Waals surface area (Å²) in [7, 11) is 1.62. The standard InChI is InChI=1S/C25H28N4O3S/c1-3-13-29(19-11-14-28(15-12-19)22(30)17-7-5-4-6-8-17)23(31)18-9-10-20-21(16-18)26-25(33)27(2)24(20)32/h4-10,16,19H,3,11-15H2,1-2H3,(H,26,33). The Morgan fingerprint density at radius 2 is 1.79 bits per heavy atom. The van der Waals surface area contributed by atoms with E-state index in [0.717, 1.165) is 19.3 Å². The van der Waals surface area contributed by atoms with Crippen LogP contribution in [0.25, 0.3) is 10.9 Å². The molecule has 0 bridgehead atoms. The first-order valence-electron chi connectivity index (χ1n) is 11.3. The molecule has 172 valence electrons. The Hall–Kier alpha value is -3.26. The van der Waals surface area contributed by atoms with Gasteiger partial charge in [0, 0.05) is 43.9 Å². The summed E-state index contributed by atoms with van der Waals surface area (Å²) in [6.07, 6.45) is 2.31. The van der Waals surface area contributed by atoms with Gasteiger partial charge in [-0.25, -0.2) is 0 Å². The molecule has 0 spiro atoms. The molecule has 8 heteroatoms. The molecular formula is C25H28N4O3S. The molecule has 1 aliphatic rings. The van der Waals surface area contributed by atoms with E-state index in [-0.39, 0.29) is 23.4 Å². The maximum absolute atomic E-state index is 13.5. The van der Waals surface area contributed by atoms with Gasteiger partial charge in [0.2, 0.25) is 0 Å². The van der Waals surface area contributed by atoms with Crippen molar-refractivity contribution in [1.82, 2.24) is 19.4 Å². The van der Waals surface area contributed by atoms with Crippen molar-refractivity contribution in [2.45, 2.75) is 32.2 Å². The minimum Gasteiger partial charge on any atom is -0.338 e. The number of amides is 2. The fraction of sp³-hybridized carbons (Fsp3) is 0.360. The third-order valence-electron chi connectivity index (χ3n) is 6.29. The lowest BCUT2D eigenvalue weighted by Crippen LogP contribution is -2.49. The largest absolute Gasteiger partial charge is 0.338 e. The second-order valence-corrected chi connectivity index (χ2v) is 8.83. The van der Waals surface area contributed by atoms with Gasteiger partial charge in [0.05, 0.1) is 10.9 Å². The highest BCUT2D eigenvalue weighted by molar-refractivity contribution is 7.71. The van der Waals surface area contributed by atoms with Gasteiger partial charge >= 0.3 is 0 Å². The number of piperidine rings is 1. The number of hydrogen-bond acceptors (Lipinski definition) is 4. The summed E-state index contributed by atoms with van der Waals surface area (Å²) in [6, 6.07) is 14.5. The third kappa shape index (κ3) is 4.61. The summed E-state index contributed by atoms with van der Waals surface area (Å²) in [6.45, 7) is 3.93. The van der Waals surface area contributed by atoms with Gasteiger partial charge in [0.15, 0.2) is 4.77 Å². The maximum Gasteiger partial charge on any atom is 0.261 e. The highest BCUT2D eigenvalue weighted by Crippen LogP contribution is 2.22. The average molecular weight is 465 g/mol. The second-order valence-electron chi connectivity index (χ2n) is 8.44. The van der Waals surface area contributed by atoms with E-state index in [1.807, 2.05) is 40.1 Å². The van der Waals surface area contributed by atoms with Gasteiger partial charge in [-0.1, -0.05) is 25.1 Å². The van der Waals surface area contributed by atoms with Crippen molar-refractivity contribution in [3.05, 3.63) is 74.8 Å².